The molecule has 0 bridgehead atoms. The number of hydrogen-bond acceptors (Lipinski definition) is 1. The first kappa shape index (κ1) is 22.5. The Balaban J connectivity index is 1.55. The molecule has 5 aliphatic rings. The molecule has 0 radical (unpaired) electrons. The molecular weight excluding hydrogens is 376 g/mol. The number of aliphatic hydroxyl groups is 1. The summed E-state index contributed by atoms with van der Waals surface area (Å²) >= 11 is 0. The SMILES string of the molecule is CC(C)[C@H]1CC[C@@H]2[C@@]1(C)CC[C@@]1(C)[C@@H]3CC[C@@H]4C(C)(C)[C@@H](O)CC[C@@]4(C)C3=CC[C@@]21C. The Kier molecular flexibility index (Phi) is 4.82. The van der Waals surface area contributed by atoms with E-state index in [1.165, 1.54) is 51.4 Å². The van der Waals surface area contributed by atoms with Gasteiger partial charge in [-0.25, -0.2) is 0 Å². The van der Waals surface area contributed by atoms with E-state index in [0.717, 1.165) is 30.1 Å². The van der Waals surface area contributed by atoms with Crippen molar-refractivity contribution in [2.45, 2.75) is 119 Å². The Hall–Kier alpha value is -0.300. The number of fused-ring (bicyclic) bond motifs is 7. The summed E-state index contributed by atoms with van der Waals surface area (Å²) in [5.41, 5.74) is 3.61. The second-order valence-corrected chi connectivity index (χ2v) is 14.7. The number of allylic oxidation sites excluding steroid dienone is 2. The molecular formula is C30H50O. The van der Waals surface area contributed by atoms with Gasteiger partial charge in [0.25, 0.3) is 0 Å². The van der Waals surface area contributed by atoms with Gasteiger partial charge in [-0.3, -0.25) is 0 Å². The summed E-state index contributed by atoms with van der Waals surface area (Å²) in [7, 11) is 0. The molecule has 0 aromatic rings. The van der Waals surface area contributed by atoms with Gasteiger partial charge in [0.05, 0.1) is 6.10 Å². The van der Waals surface area contributed by atoms with Crippen molar-refractivity contribution in [3.63, 3.8) is 0 Å². The molecule has 1 nitrogen and oxygen atoms in total. The zero-order chi connectivity index (χ0) is 22.6. The van der Waals surface area contributed by atoms with Crippen LogP contribution in [0, 0.1) is 56.7 Å². The van der Waals surface area contributed by atoms with Gasteiger partial charge in [-0.2, -0.15) is 0 Å². The van der Waals surface area contributed by atoms with Gasteiger partial charge < -0.3 is 5.11 Å². The van der Waals surface area contributed by atoms with Crippen LogP contribution in [0.3, 0.4) is 0 Å². The molecule has 176 valence electrons. The maximum absolute atomic E-state index is 10.8. The van der Waals surface area contributed by atoms with Crippen LogP contribution in [0.5, 0.6) is 0 Å². The van der Waals surface area contributed by atoms with E-state index in [1.807, 2.05) is 5.57 Å². The van der Waals surface area contributed by atoms with Crippen LogP contribution in [-0.4, -0.2) is 11.2 Å². The molecule has 0 spiro atoms. The van der Waals surface area contributed by atoms with Crippen LogP contribution >= 0.6 is 0 Å². The number of hydrogen-bond donors (Lipinski definition) is 1. The summed E-state index contributed by atoms with van der Waals surface area (Å²) in [6.07, 6.45) is 14.6. The van der Waals surface area contributed by atoms with E-state index in [1.54, 1.807) is 0 Å². The van der Waals surface area contributed by atoms with Crippen LogP contribution < -0.4 is 0 Å². The van der Waals surface area contributed by atoms with Crippen LogP contribution in [0.25, 0.3) is 0 Å². The maximum atomic E-state index is 10.8. The quantitative estimate of drug-likeness (QED) is 0.421. The molecule has 1 heteroatoms. The van der Waals surface area contributed by atoms with Gasteiger partial charge in [0.2, 0.25) is 0 Å². The summed E-state index contributed by atoms with van der Waals surface area (Å²) in [5.74, 6) is 4.02. The average molecular weight is 427 g/mol. The fourth-order valence-electron chi connectivity index (χ4n) is 11.2. The highest BCUT2D eigenvalue weighted by Gasteiger charge is 2.68. The summed E-state index contributed by atoms with van der Waals surface area (Å²) in [5, 5.41) is 10.8. The normalized spacial score (nSPS) is 55.7. The molecule has 0 aliphatic heterocycles. The van der Waals surface area contributed by atoms with E-state index in [2.05, 4.69) is 61.5 Å². The maximum Gasteiger partial charge on any atom is 0.0594 e. The van der Waals surface area contributed by atoms with E-state index >= 15 is 0 Å². The lowest BCUT2D eigenvalue weighted by atomic mass is 9.35. The molecule has 5 aliphatic carbocycles. The third kappa shape index (κ3) is 2.60. The Morgan fingerprint density at radius 3 is 2.16 bits per heavy atom. The van der Waals surface area contributed by atoms with Gasteiger partial charge in [0.1, 0.15) is 0 Å². The van der Waals surface area contributed by atoms with E-state index < -0.39 is 0 Å². The minimum atomic E-state index is -0.131. The molecule has 0 aromatic carbocycles. The first-order valence-corrected chi connectivity index (χ1v) is 13.7. The molecule has 4 saturated carbocycles. The van der Waals surface area contributed by atoms with Gasteiger partial charge in [-0.05, 0) is 114 Å². The van der Waals surface area contributed by atoms with Crippen LogP contribution in [-0.2, 0) is 0 Å². The first-order valence-electron chi connectivity index (χ1n) is 13.7. The summed E-state index contributed by atoms with van der Waals surface area (Å²) < 4.78 is 0. The van der Waals surface area contributed by atoms with Gasteiger partial charge in [0, 0.05) is 0 Å². The molecule has 4 fully saturated rings. The van der Waals surface area contributed by atoms with E-state index in [-0.39, 0.29) is 11.5 Å². The predicted molar refractivity (Wildman–Crippen MR) is 131 cm³/mol. The minimum Gasteiger partial charge on any atom is -0.393 e. The lowest BCUT2D eigenvalue weighted by Gasteiger charge is -2.69. The fourth-order valence-corrected chi connectivity index (χ4v) is 11.2. The van der Waals surface area contributed by atoms with Crippen molar-refractivity contribution >= 4 is 0 Å². The summed E-state index contributed by atoms with van der Waals surface area (Å²) in [6.45, 7) is 20.4. The summed E-state index contributed by atoms with van der Waals surface area (Å²) in [4.78, 5) is 0. The molecule has 31 heavy (non-hydrogen) atoms. The zero-order valence-electron chi connectivity index (χ0n) is 21.9. The molecule has 0 heterocycles. The van der Waals surface area contributed by atoms with Crippen molar-refractivity contribution < 1.29 is 5.11 Å². The second kappa shape index (κ2) is 6.64. The van der Waals surface area contributed by atoms with Crippen molar-refractivity contribution in [3.8, 4) is 0 Å². The van der Waals surface area contributed by atoms with Gasteiger partial charge in [-0.1, -0.05) is 67.0 Å². The van der Waals surface area contributed by atoms with Crippen molar-refractivity contribution in [1.82, 2.24) is 0 Å². The molecule has 0 unspecified atom stereocenters. The Morgan fingerprint density at radius 1 is 0.806 bits per heavy atom. The van der Waals surface area contributed by atoms with E-state index in [4.69, 9.17) is 0 Å². The monoisotopic (exact) mass is 426 g/mol. The Morgan fingerprint density at radius 2 is 1.48 bits per heavy atom. The third-order valence-corrected chi connectivity index (χ3v) is 13.2. The number of aliphatic hydroxyl groups excluding tert-OH is 1. The largest absolute Gasteiger partial charge is 0.393 e. The number of rotatable bonds is 1. The molecule has 0 aromatic heterocycles. The molecule has 5 rings (SSSR count). The molecule has 0 saturated heterocycles. The van der Waals surface area contributed by atoms with E-state index in [0.29, 0.717) is 27.6 Å². The lowest BCUT2D eigenvalue weighted by molar-refractivity contribution is -0.165. The van der Waals surface area contributed by atoms with Crippen molar-refractivity contribution in [2.24, 2.45) is 56.7 Å². The highest BCUT2D eigenvalue weighted by molar-refractivity contribution is 5.33. The second-order valence-electron chi connectivity index (χ2n) is 14.7. The fraction of sp³-hybridized carbons (Fsp3) is 0.933. The zero-order valence-corrected chi connectivity index (χ0v) is 21.9. The average Bonchev–Trinajstić information content (AvgIpc) is 3.05. The van der Waals surface area contributed by atoms with Crippen LogP contribution in [0.4, 0.5) is 0 Å². The highest BCUT2D eigenvalue weighted by Crippen LogP contribution is 2.76. The first-order chi connectivity index (χ1) is 14.3. The summed E-state index contributed by atoms with van der Waals surface area (Å²) in [6, 6.07) is 0. The van der Waals surface area contributed by atoms with Gasteiger partial charge >= 0.3 is 0 Å². The van der Waals surface area contributed by atoms with Crippen molar-refractivity contribution in [2.75, 3.05) is 0 Å². The molecule has 9 atom stereocenters. The standard InChI is InChI=1S/C30H50O/c1-19(2)20-9-12-24-28(20,6)17-18-29(7)22-10-11-23-26(3,4)25(31)14-15-27(23,5)21(22)13-16-30(24,29)8/h13,19-20,22-25,31H,9-12,14-18H2,1-8H3/t20-,22-,23-,24-,25+,27+,28+,29+,30+/m1/s1. The molecule has 1 N–H and O–H groups in total. The van der Waals surface area contributed by atoms with Crippen LogP contribution in [0.2, 0.25) is 0 Å². The smallest absolute Gasteiger partial charge is 0.0594 e. The van der Waals surface area contributed by atoms with Crippen molar-refractivity contribution in [3.05, 3.63) is 11.6 Å². The molecule has 0 amide bonds. The Bertz CT molecular complexity index is 777. The Labute approximate surface area is 192 Å². The minimum absolute atomic E-state index is 0.0432. The van der Waals surface area contributed by atoms with Crippen LogP contribution in [0.1, 0.15) is 113 Å². The van der Waals surface area contributed by atoms with Gasteiger partial charge in [-0.15, -0.1) is 0 Å². The van der Waals surface area contributed by atoms with E-state index in [9.17, 15) is 5.11 Å². The van der Waals surface area contributed by atoms with Crippen LogP contribution in [0.15, 0.2) is 11.6 Å². The van der Waals surface area contributed by atoms with Crippen molar-refractivity contribution in [1.29, 1.82) is 0 Å². The third-order valence-electron chi connectivity index (χ3n) is 13.2. The highest BCUT2D eigenvalue weighted by atomic mass is 16.3. The predicted octanol–water partition coefficient (Wildman–Crippen LogP) is 8.02. The lowest BCUT2D eigenvalue weighted by Crippen LogP contribution is -2.62. The topological polar surface area (TPSA) is 20.2 Å². The van der Waals surface area contributed by atoms with Gasteiger partial charge in [0.15, 0.2) is 0 Å².